The van der Waals surface area contributed by atoms with Gasteiger partial charge in [0.25, 0.3) is 0 Å². The van der Waals surface area contributed by atoms with Crippen molar-refractivity contribution in [3.8, 4) is 5.75 Å². The second-order valence-electron chi connectivity index (χ2n) is 6.98. The van der Waals surface area contributed by atoms with Crippen LogP contribution in [-0.4, -0.2) is 42.1 Å². The quantitative estimate of drug-likeness (QED) is 0.898. The fourth-order valence-corrected chi connectivity index (χ4v) is 3.86. The van der Waals surface area contributed by atoms with Gasteiger partial charge in [0.15, 0.2) is 0 Å². The highest BCUT2D eigenvalue weighted by Gasteiger charge is 2.24. The Morgan fingerprint density at radius 3 is 2.39 bits per heavy atom. The number of benzene rings is 1. The molecule has 0 unspecified atom stereocenters. The molecule has 1 aromatic rings. The molecule has 0 aromatic heterocycles. The maximum atomic E-state index is 12.4. The Hall–Kier alpha value is -1.55. The van der Waals surface area contributed by atoms with Crippen LogP contribution in [0.15, 0.2) is 24.3 Å². The summed E-state index contributed by atoms with van der Waals surface area (Å²) in [5, 5.41) is 12.8. The number of likely N-dealkylation sites (tertiary alicyclic amines) is 1. The van der Waals surface area contributed by atoms with Crippen LogP contribution in [0.5, 0.6) is 5.75 Å². The van der Waals surface area contributed by atoms with Crippen molar-refractivity contribution in [3.05, 3.63) is 29.8 Å². The minimum absolute atomic E-state index is 0.319. The number of hydrogen-bond acceptors (Lipinski definition) is 3. The Kier molecular flexibility index (Phi) is 5.55. The molecule has 3 rings (SSSR count). The molecule has 4 heteroatoms. The molecule has 0 aliphatic carbocycles. The molecule has 2 saturated heterocycles. The minimum atomic E-state index is 0.319. The van der Waals surface area contributed by atoms with Gasteiger partial charge in [0.2, 0.25) is 5.91 Å². The van der Waals surface area contributed by atoms with Gasteiger partial charge >= 0.3 is 0 Å². The van der Waals surface area contributed by atoms with Crippen molar-refractivity contribution in [1.29, 1.82) is 0 Å². The first-order valence-electron chi connectivity index (χ1n) is 9.00. The van der Waals surface area contributed by atoms with Crippen LogP contribution in [0.25, 0.3) is 0 Å². The number of phenols is 1. The van der Waals surface area contributed by atoms with Crippen LogP contribution in [0.2, 0.25) is 0 Å². The summed E-state index contributed by atoms with van der Waals surface area (Å²) in [4.78, 5) is 14.5. The van der Waals surface area contributed by atoms with E-state index in [0.717, 1.165) is 51.4 Å². The largest absolute Gasteiger partial charge is 0.508 e. The average molecular weight is 316 g/mol. The maximum absolute atomic E-state index is 12.4. The van der Waals surface area contributed by atoms with Gasteiger partial charge in [0, 0.05) is 19.5 Å². The molecule has 2 heterocycles. The normalized spacial score (nSPS) is 20.6. The van der Waals surface area contributed by atoms with Gasteiger partial charge in [-0.1, -0.05) is 12.1 Å². The number of hydrogen-bond donors (Lipinski definition) is 2. The van der Waals surface area contributed by atoms with Crippen molar-refractivity contribution in [2.45, 2.75) is 44.4 Å². The molecule has 1 aromatic carbocycles. The van der Waals surface area contributed by atoms with Crippen molar-refractivity contribution >= 4 is 5.91 Å². The number of nitrogens with one attached hydrogen (secondary N) is 1. The number of carbonyl (C=O) groups excluding carboxylic acids is 1. The Morgan fingerprint density at radius 1 is 1.09 bits per heavy atom. The number of carbonyl (C=O) groups is 1. The molecule has 2 aliphatic rings. The van der Waals surface area contributed by atoms with Gasteiger partial charge in [-0.15, -0.1) is 0 Å². The number of rotatable bonds is 4. The lowest BCUT2D eigenvalue weighted by atomic mass is 9.89. The highest BCUT2D eigenvalue weighted by atomic mass is 16.3. The summed E-state index contributed by atoms with van der Waals surface area (Å²) < 4.78 is 0. The lowest BCUT2D eigenvalue weighted by Crippen LogP contribution is -2.38. The van der Waals surface area contributed by atoms with Gasteiger partial charge in [-0.2, -0.15) is 0 Å². The van der Waals surface area contributed by atoms with Crippen LogP contribution < -0.4 is 5.32 Å². The zero-order valence-electron chi connectivity index (χ0n) is 13.8. The van der Waals surface area contributed by atoms with Gasteiger partial charge in [-0.3, -0.25) is 4.79 Å². The fraction of sp³-hybridized carbons (Fsp3) is 0.632. The van der Waals surface area contributed by atoms with Crippen LogP contribution in [0.3, 0.4) is 0 Å². The van der Waals surface area contributed by atoms with E-state index in [-0.39, 0.29) is 0 Å². The summed E-state index contributed by atoms with van der Waals surface area (Å²) >= 11 is 0. The van der Waals surface area contributed by atoms with Gasteiger partial charge in [0.1, 0.15) is 5.75 Å². The highest BCUT2D eigenvalue weighted by molar-refractivity contribution is 5.76. The maximum Gasteiger partial charge on any atom is 0.222 e. The molecular formula is C19H28N2O2. The Balaban J connectivity index is 1.42. The Labute approximate surface area is 138 Å². The molecule has 2 fully saturated rings. The summed E-state index contributed by atoms with van der Waals surface area (Å²) in [7, 11) is 0. The first-order chi connectivity index (χ1) is 11.2. The summed E-state index contributed by atoms with van der Waals surface area (Å²) in [5.74, 6) is 1.91. The molecule has 126 valence electrons. The van der Waals surface area contributed by atoms with Gasteiger partial charge in [0.05, 0.1) is 0 Å². The van der Waals surface area contributed by atoms with E-state index >= 15 is 0 Å². The van der Waals surface area contributed by atoms with E-state index in [0.29, 0.717) is 24.0 Å². The van der Waals surface area contributed by atoms with E-state index in [1.165, 1.54) is 18.4 Å². The third kappa shape index (κ3) is 4.47. The predicted octanol–water partition coefficient (Wildman–Crippen LogP) is 2.88. The molecule has 1 amide bonds. The SMILES string of the molecule is O=C(CCC1CCNCC1)N1CCC(c2ccc(O)cc2)CC1. The molecule has 0 bridgehead atoms. The minimum Gasteiger partial charge on any atom is -0.508 e. The van der Waals surface area contributed by atoms with E-state index in [1.54, 1.807) is 12.1 Å². The summed E-state index contributed by atoms with van der Waals surface area (Å²) in [6.07, 6.45) is 6.27. The lowest BCUT2D eigenvalue weighted by molar-refractivity contribution is -0.132. The average Bonchev–Trinajstić information content (AvgIpc) is 2.61. The molecule has 0 atom stereocenters. The van der Waals surface area contributed by atoms with Crippen LogP contribution >= 0.6 is 0 Å². The highest BCUT2D eigenvalue weighted by Crippen LogP contribution is 2.29. The van der Waals surface area contributed by atoms with Gasteiger partial charge < -0.3 is 15.3 Å². The molecule has 23 heavy (non-hydrogen) atoms. The summed E-state index contributed by atoms with van der Waals surface area (Å²) in [5.41, 5.74) is 1.28. The number of nitrogens with zero attached hydrogens (tertiary/aromatic N) is 1. The number of phenolic OH excluding ortho intramolecular Hbond substituents is 1. The fourth-order valence-electron chi connectivity index (χ4n) is 3.86. The standard InChI is InChI=1S/C19H28N2O2/c22-18-4-2-16(3-5-18)17-9-13-21(14-10-17)19(23)6-1-15-7-11-20-12-8-15/h2-5,15,17,20,22H,1,6-14H2. The zero-order chi connectivity index (χ0) is 16.1. The van der Waals surface area contributed by atoms with Crippen molar-refractivity contribution < 1.29 is 9.90 Å². The van der Waals surface area contributed by atoms with E-state index in [9.17, 15) is 9.90 Å². The van der Waals surface area contributed by atoms with Crippen LogP contribution in [0.1, 0.15) is 50.0 Å². The van der Waals surface area contributed by atoms with Gasteiger partial charge in [-0.05, 0) is 74.7 Å². The van der Waals surface area contributed by atoms with E-state index in [2.05, 4.69) is 10.2 Å². The summed E-state index contributed by atoms with van der Waals surface area (Å²) in [6.45, 7) is 3.96. The smallest absolute Gasteiger partial charge is 0.222 e. The van der Waals surface area contributed by atoms with Crippen LogP contribution in [-0.2, 0) is 4.79 Å². The molecule has 0 saturated carbocycles. The monoisotopic (exact) mass is 316 g/mol. The Morgan fingerprint density at radius 2 is 1.74 bits per heavy atom. The van der Waals surface area contributed by atoms with Crippen molar-refractivity contribution in [1.82, 2.24) is 10.2 Å². The third-order valence-corrected chi connectivity index (χ3v) is 5.44. The first kappa shape index (κ1) is 16.3. The van der Waals surface area contributed by atoms with Crippen LogP contribution in [0, 0.1) is 5.92 Å². The lowest BCUT2D eigenvalue weighted by Gasteiger charge is -2.33. The Bertz CT molecular complexity index is 501. The van der Waals surface area contributed by atoms with Crippen molar-refractivity contribution in [3.63, 3.8) is 0 Å². The molecular weight excluding hydrogens is 288 g/mol. The van der Waals surface area contributed by atoms with E-state index in [4.69, 9.17) is 0 Å². The molecule has 0 radical (unpaired) electrons. The van der Waals surface area contributed by atoms with E-state index < -0.39 is 0 Å². The summed E-state index contributed by atoms with van der Waals surface area (Å²) in [6, 6.07) is 7.53. The molecule has 2 aliphatic heterocycles. The van der Waals surface area contributed by atoms with Crippen molar-refractivity contribution in [2.75, 3.05) is 26.2 Å². The molecule has 0 spiro atoms. The number of aromatic hydroxyl groups is 1. The zero-order valence-corrected chi connectivity index (χ0v) is 13.8. The van der Waals surface area contributed by atoms with E-state index in [1.807, 2.05) is 12.1 Å². The second kappa shape index (κ2) is 7.82. The third-order valence-electron chi connectivity index (χ3n) is 5.44. The van der Waals surface area contributed by atoms with Gasteiger partial charge in [-0.25, -0.2) is 0 Å². The number of amides is 1. The first-order valence-corrected chi connectivity index (χ1v) is 9.00. The van der Waals surface area contributed by atoms with Crippen LogP contribution in [0.4, 0.5) is 0 Å². The second-order valence-corrected chi connectivity index (χ2v) is 6.98. The predicted molar refractivity (Wildman–Crippen MR) is 91.5 cm³/mol. The molecule has 2 N–H and O–H groups in total. The number of piperidine rings is 2. The van der Waals surface area contributed by atoms with Crippen molar-refractivity contribution in [2.24, 2.45) is 5.92 Å². The molecule has 4 nitrogen and oxygen atoms in total. The topological polar surface area (TPSA) is 52.6 Å².